The van der Waals surface area contributed by atoms with E-state index in [0.717, 1.165) is 30.7 Å². The lowest BCUT2D eigenvalue weighted by Crippen LogP contribution is -2.58. The molecule has 1 N–H and O–H groups in total. The van der Waals surface area contributed by atoms with E-state index in [9.17, 15) is 9.59 Å². The number of hydrogen-bond donors (Lipinski definition) is 1. The molecular formula is C13H19ClN4O3. The van der Waals surface area contributed by atoms with Gasteiger partial charge in [-0.2, -0.15) is 5.10 Å². The molecule has 1 aliphatic heterocycles. The number of ether oxygens (including phenoxy) is 1. The summed E-state index contributed by atoms with van der Waals surface area (Å²) in [6.07, 6.45) is 2.48. The van der Waals surface area contributed by atoms with Crippen molar-refractivity contribution in [2.75, 3.05) is 31.6 Å². The summed E-state index contributed by atoms with van der Waals surface area (Å²) >= 11 is 6.19. The largest absolute Gasteiger partial charge is 0.468 e. The number of nitrogens with one attached hydrogen (secondary N) is 1. The van der Waals surface area contributed by atoms with Crippen LogP contribution >= 0.6 is 11.6 Å². The second-order valence-electron chi connectivity index (χ2n) is 4.89. The average molecular weight is 315 g/mol. The van der Waals surface area contributed by atoms with E-state index in [2.05, 4.69) is 27.0 Å². The van der Waals surface area contributed by atoms with Crippen LogP contribution in [0.1, 0.15) is 13.3 Å². The van der Waals surface area contributed by atoms with Gasteiger partial charge in [0.25, 0.3) is 5.56 Å². The highest BCUT2D eigenvalue weighted by molar-refractivity contribution is 6.33. The molecule has 21 heavy (non-hydrogen) atoms. The minimum absolute atomic E-state index is 0.0919. The Hall–Kier alpha value is -1.60. The number of halogens is 1. The van der Waals surface area contributed by atoms with E-state index >= 15 is 0 Å². The Kier molecular flexibility index (Phi) is 5.19. The predicted molar refractivity (Wildman–Crippen MR) is 79.8 cm³/mol. The zero-order valence-electron chi connectivity index (χ0n) is 12.1. The van der Waals surface area contributed by atoms with Crippen molar-refractivity contribution in [3.63, 3.8) is 0 Å². The highest BCUT2D eigenvalue weighted by Gasteiger charge is 2.27. The van der Waals surface area contributed by atoms with Crippen LogP contribution in [0.2, 0.25) is 5.02 Å². The molecule has 2 rings (SSSR count). The molecule has 1 aromatic heterocycles. The Balaban J connectivity index is 2.29. The maximum absolute atomic E-state index is 12.2. The molecule has 1 aliphatic rings. The maximum atomic E-state index is 12.2. The van der Waals surface area contributed by atoms with E-state index in [1.165, 1.54) is 7.11 Å². The third kappa shape index (κ3) is 3.36. The van der Waals surface area contributed by atoms with Gasteiger partial charge in [0.1, 0.15) is 11.6 Å². The van der Waals surface area contributed by atoms with Crippen molar-refractivity contribution < 1.29 is 9.53 Å². The molecule has 0 aromatic carbocycles. The summed E-state index contributed by atoms with van der Waals surface area (Å²) in [6, 6.07) is 0.320. The average Bonchev–Trinajstić information content (AvgIpc) is 2.42. The quantitative estimate of drug-likeness (QED) is 0.759. The number of methoxy groups -OCH3 is 1. The molecule has 0 aliphatic carbocycles. The van der Waals surface area contributed by atoms with E-state index in [4.69, 9.17) is 11.6 Å². The second-order valence-corrected chi connectivity index (χ2v) is 5.27. The highest BCUT2D eigenvalue weighted by Crippen LogP contribution is 2.24. The van der Waals surface area contributed by atoms with Gasteiger partial charge >= 0.3 is 5.97 Å². The molecule has 1 aromatic rings. The summed E-state index contributed by atoms with van der Waals surface area (Å²) < 4.78 is 5.54. The summed E-state index contributed by atoms with van der Waals surface area (Å²) in [5, 5.41) is 7.32. The summed E-state index contributed by atoms with van der Waals surface area (Å²) in [4.78, 5) is 25.5. The van der Waals surface area contributed by atoms with Gasteiger partial charge in [-0.15, -0.1) is 0 Å². The first-order valence-corrected chi connectivity index (χ1v) is 7.26. The minimum atomic E-state index is -0.540. The maximum Gasteiger partial charge on any atom is 0.327 e. The number of hydrogen-bond acceptors (Lipinski definition) is 6. The Morgan fingerprint density at radius 3 is 2.86 bits per heavy atom. The predicted octanol–water partition coefficient (Wildman–Crippen LogP) is 0.258. The fraction of sp³-hybridized carbons (Fsp3) is 0.615. The highest BCUT2D eigenvalue weighted by atomic mass is 35.5. The molecular weight excluding hydrogens is 296 g/mol. The minimum Gasteiger partial charge on any atom is -0.468 e. The molecule has 8 heteroatoms. The summed E-state index contributed by atoms with van der Waals surface area (Å²) in [5.74, 6) is -0.540. The van der Waals surface area contributed by atoms with Crippen molar-refractivity contribution in [3.05, 3.63) is 21.6 Å². The van der Waals surface area contributed by atoms with Gasteiger partial charge < -0.3 is 15.0 Å². The number of aromatic nitrogens is 2. The normalized spacial score (nSPS) is 14.6. The Bertz CT molecular complexity index is 571. The van der Waals surface area contributed by atoms with Gasteiger partial charge in [0, 0.05) is 19.6 Å². The van der Waals surface area contributed by atoms with Crippen molar-refractivity contribution in [1.82, 2.24) is 15.1 Å². The lowest BCUT2D eigenvalue weighted by atomic mass is 10.1. The monoisotopic (exact) mass is 314 g/mol. The van der Waals surface area contributed by atoms with Crippen molar-refractivity contribution in [1.29, 1.82) is 0 Å². The summed E-state index contributed by atoms with van der Waals surface area (Å²) in [7, 11) is 1.26. The third-order valence-electron chi connectivity index (χ3n) is 3.45. The van der Waals surface area contributed by atoms with E-state index in [1.54, 1.807) is 6.20 Å². The number of carbonyl (C=O) groups is 1. The van der Waals surface area contributed by atoms with Crippen LogP contribution in [0, 0.1) is 0 Å². The number of nitrogens with zero attached hydrogens (tertiary/aromatic N) is 3. The van der Waals surface area contributed by atoms with Crippen LogP contribution in [0.15, 0.2) is 11.0 Å². The molecule has 0 saturated carbocycles. The first-order chi connectivity index (χ1) is 10.1. The van der Waals surface area contributed by atoms with E-state index in [0.29, 0.717) is 11.7 Å². The van der Waals surface area contributed by atoms with Gasteiger partial charge in [-0.05, 0) is 6.42 Å². The van der Waals surface area contributed by atoms with Gasteiger partial charge in [0.15, 0.2) is 0 Å². The van der Waals surface area contributed by atoms with E-state index in [1.807, 2.05) is 0 Å². The van der Waals surface area contributed by atoms with Gasteiger partial charge in [-0.3, -0.25) is 9.59 Å². The van der Waals surface area contributed by atoms with Gasteiger partial charge in [-0.1, -0.05) is 18.5 Å². The Morgan fingerprint density at radius 2 is 2.33 bits per heavy atom. The lowest BCUT2D eigenvalue weighted by Gasteiger charge is -2.39. The molecule has 0 spiro atoms. The van der Waals surface area contributed by atoms with Crippen LogP contribution in [0.5, 0.6) is 0 Å². The molecule has 2 heterocycles. The van der Waals surface area contributed by atoms with Crippen molar-refractivity contribution in [2.45, 2.75) is 25.9 Å². The number of rotatable bonds is 6. The molecule has 1 fully saturated rings. The van der Waals surface area contributed by atoms with Gasteiger partial charge in [0.2, 0.25) is 0 Å². The lowest BCUT2D eigenvalue weighted by molar-refractivity contribution is -0.141. The summed E-state index contributed by atoms with van der Waals surface area (Å²) in [6.45, 7) is 4.35. The van der Waals surface area contributed by atoms with Gasteiger partial charge in [-0.25, -0.2) is 4.68 Å². The number of esters is 1. The molecule has 0 bridgehead atoms. The Morgan fingerprint density at radius 1 is 1.62 bits per heavy atom. The van der Waals surface area contributed by atoms with Crippen LogP contribution in [0.25, 0.3) is 0 Å². The molecule has 7 nitrogen and oxygen atoms in total. The molecule has 0 amide bonds. The zero-order valence-corrected chi connectivity index (χ0v) is 12.9. The van der Waals surface area contributed by atoms with Crippen LogP contribution in [-0.2, 0) is 16.1 Å². The van der Waals surface area contributed by atoms with Crippen LogP contribution in [-0.4, -0.2) is 48.5 Å². The number of anilines is 1. The van der Waals surface area contributed by atoms with E-state index < -0.39 is 11.5 Å². The summed E-state index contributed by atoms with van der Waals surface area (Å²) in [5.41, 5.74) is 0.143. The van der Waals surface area contributed by atoms with Gasteiger partial charge in [0.05, 0.1) is 25.0 Å². The molecule has 0 atom stereocenters. The van der Waals surface area contributed by atoms with Crippen LogP contribution in [0.4, 0.5) is 5.69 Å². The Labute approximate surface area is 127 Å². The standard InChI is InChI=1S/C13H19ClN4O3/c1-3-4-17(9-5-15-6-9)10-7-16-18(8-11(19)21-2)13(20)12(10)14/h7,9,15H,3-6,8H2,1-2H3. The first-order valence-electron chi connectivity index (χ1n) is 6.88. The van der Waals surface area contributed by atoms with Crippen molar-refractivity contribution in [3.8, 4) is 0 Å². The van der Waals surface area contributed by atoms with Crippen molar-refractivity contribution >= 4 is 23.3 Å². The molecule has 0 unspecified atom stereocenters. The fourth-order valence-electron chi connectivity index (χ4n) is 2.19. The third-order valence-corrected chi connectivity index (χ3v) is 3.80. The molecule has 1 saturated heterocycles. The smallest absolute Gasteiger partial charge is 0.327 e. The molecule has 0 radical (unpaired) electrons. The zero-order chi connectivity index (χ0) is 15.4. The second kappa shape index (κ2) is 6.91. The SMILES string of the molecule is CCCN(c1cnn(CC(=O)OC)c(=O)c1Cl)C1CNC1. The topological polar surface area (TPSA) is 76.5 Å². The first kappa shape index (κ1) is 15.8. The molecule has 116 valence electrons. The van der Waals surface area contributed by atoms with E-state index in [-0.39, 0.29) is 11.6 Å². The fourth-order valence-corrected chi connectivity index (χ4v) is 2.45. The van der Waals surface area contributed by atoms with Crippen molar-refractivity contribution in [2.24, 2.45) is 0 Å². The number of carbonyl (C=O) groups excluding carboxylic acids is 1. The van der Waals surface area contributed by atoms with Crippen LogP contribution < -0.4 is 15.8 Å². The van der Waals surface area contributed by atoms with Crippen LogP contribution in [0.3, 0.4) is 0 Å².